The number of carbonyl (C=O) groups is 1. The van der Waals surface area contributed by atoms with Gasteiger partial charge in [0.15, 0.2) is 6.04 Å². The van der Waals surface area contributed by atoms with Crippen LogP contribution in [0.1, 0.15) is 43.0 Å². The molecule has 1 fully saturated rings. The zero-order chi connectivity index (χ0) is 16.9. The van der Waals surface area contributed by atoms with E-state index in [1.165, 1.54) is 0 Å². The van der Waals surface area contributed by atoms with Crippen molar-refractivity contribution in [1.82, 2.24) is 4.90 Å². The van der Waals surface area contributed by atoms with Gasteiger partial charge < -0.3 is 10.2 Å². The second-order valence-electron chi connectivity index (χ2n) is 6.46. The van der Waals surface area contributed by atoms with Crippen LogP contribution in [-0.2, 0) is 4.79 Å². The Morgan fingerprint density at radius 1 is 1.04 bits per heavy atom. The average molecular weight is 344 g/mol. The predicted molar refractivity (Wildman–Crippen MR) is 96.8 cm³/mol. The molecule has 0 aromatic heterocycles. The van der Waals surface area contributed by atoms with Gasteiger partial charge in [0, 0.05) is 29.2 Å². The Bertz CT molecular complexity index is 683. The van der Waals surface area contributed by atoms with Crippen LogP contribution in [0.4, 0.5) is 0 Å². The minimum atomic E-state index is -0.210. The molecule has 1 saturated heterocycles. The summed E-state index contributed by atoms with van der Waals surface area (Å²) >= 11 is 6.12. The average Bonchev–Trinajstić information content (AvgIpc) is 3.14. The molecule has 1 amide bonds. The molecule has 126 valence electrons. The fourth-order valence-corrected chi connectivity index (χ4v) is 3.52. The van der Waals surface area contributed by atoms with Crippen molar-refractivity contribution in [2.45, 2.75) is 31.8 Å². The molecule has 2 atom stereocenters. The van der Waals surface area contributed by atoms with Crippen molar-refractivity contribution >= 4 is 17.5 Å². The van der Waals surface area contributed by atoms with Crippen LogP contribution in [0.5, 0.6) is 0 Å². The third-order valence-electron chi connectivity index (χ3n) is 4.70. The second kappa shape index (κ2) is 7.82. The summed E-state index contributed by atoms with van der Waals surface area (Å²) in [5.74, 6) is 0.215. The fourth-order valence-electron chi connectivity index (χ4n) is 3.32. The lowest BCUT2D eigenvalue weighted by atomic mass is 10.0. The second-order valence-corrected chi connectivity index (χ2v) is 6.89. The number of hydrogen-bond donors (Lipinski definition) is 1. The van der Waals surface area contributed by atoms with Crippen molar-refractivity contribution in [1.29, 1.82) is 0 Å². The summed E-state index contributed by atoms with van der Waals surface area (Å²) in [5.41, 5.74) is 2.20. The highest BCUT2D eigenvalue weighted by molar-refractivity contribution is 6.30. The molecule has 1 heterocycles. The SMILES string of the molecule is C[C@@H]([NH2+][C@H](C(=O)N1CCCC1)c1ccccc1)c1cccc(Cl)c1. The summed E-state index contributed by atoms with van der Waals surface area (Å²) in [4.78, 5) is 15.0. The van der Waals surface area contributed by atoms with Crippen LogP contribution in [-0.4, -0.2) is 23.9 Å². The molecule has 24 heavy (non-hydrogen) atoms. The molecule has 0 saturated carbocycles. The Morgan fingerprint density at radius 3 is 2.38 bits per heavy atom. The van der Waals surface area contributed by atoms with Gasteiger partial charge >= 0.3 is 0 Å². The van der Waals surface area contributed by atoms with E-state index in [4.69, 9.17) is 11.6 Å². The topological polar surface area (TPSA) is 36.9 Å². The highest BCUT2D eigenvalue weighted by Gasteiger charge is 2.32. The number of hydrogen-bond acceptors (Lipinski definition) is 1. The van der Waals surface area contributed by atoms with Gasteiger partial charge in [0.25, 0.3) is 5.91 Å². The number of halogens is 1. The molecule has 3 rings (SSSR count). The van der Waals surface area contributed by atoms with Gasteiger partial charge in [-0.1, -0.05) is 54.1 Å². The van der Waals surface area contributed by atoms with Crippen molar-refractivity contribution in [3.8, 4) is 0 Å². The van der Waals surface area contributed by atoms with Crippen molar-refractivity contribution in [3.63, 3.8) is 0 Å². The molecule has 2 N–H and O–H groups in total. The third kappa shape index (κ3) is 3.97. The van der Waals surface area contributed by atoms with E-state index in [0.717, 1.165) is 42.1 Å². The Morgan fingerprint density at radius 2 is 1.71 bits per heavy atom. The first-order valence-corrected chi connectivity index (χ1v) is 8.97. The lowest BCUT2D eigenvalue weighted by Crippen LogP contribution is -2.88. The zero-order valence-corrected chi connectivity index (χ0v) is 14.7. The highest BCUT2D eigenvalue weighted by atomic mass is 35.5. The van der Waals surface area contributed by atoms with Crippen LogP contribution < -0.4 is 5.32 Å². The summed E-state index contributed by atoms with van der Waals surface area (Å²) in [6, 6.07) is 17.9. The molecule has 4 heteroatoms. The molecule has 3 nitrogen and oxygen atoms in total. The summed E-state index contributed by atoms with van der Waals surface area (Å²) < 4.78 is 0. The lowest BCUT2D eigenvalue weighted by molar-refractivity contribution is -0.719. The predicted octanol–water partition coefficient (Wildman–Crippen LogP) is 3.33. The lowest BCUT2D eigenvalue weighted by Gasteiger charge is -2.24. The normalized spacial score (nSPS) is 16.8. The quantitative estimate of drug-likeness (QED) is 0.888. The molecule has 1 aliphatic rings. The van der Waals surface area contributed by atoms with Crippen molar-refractivity contribution in [2.24, 2.45) is 0 Å². The molecule has 0 radical (unpaired) electrons. The van der Waals surface area contributed by atoms with Gasteiger partial charge in [0.05, 0.1) is 0 Å². The van der Waals surface area contributed by atoms with Crippen molar-refractivity contribution in [2.75, 3.05) is 13.1 Å². The largest absolute Gasteiger partial charge is 0.337 e. The minimum Gasteiger partial charge on any atom is -0.337 e. The summed E-state index contributed by atoms with van der Waals surface area (Å²) in [7, 11) is 0. The third-order valence-corrected chi connectivity index (χ3v) is 4.93. The first kappa shape index (κ1) is 17.0. The van der Waals surface area contributed by atoms with Crippen LogP contribution in [0.3, 0.4) is 0 Å². The van der Waals surface area contributed by atoms with Gasteiger partial charge in [-0.15, -0.1) is 0 Å². The van der Waals surface area contributed by atoms with Gasteiger partial charge in [-0.05, 0) is 31.9 Å². The molecule has 0 bridgehead atoms. The Kier molecular flexibility index (Phi) is 5.54. The highest BCUT2D eigenvalue weighted by Crippen LogP contribution is 2.19. The van der Waals surface area contributed by atoms with Gasteiger partial charge in [0.1, 0.15) is 6.04 Å². The molecule has 0 spiro atoms. The zero-order valence-electron chi connectivity index (χ0n) is 14.0. The fraction of sp³-hybridized carbons (Fsp3) is 0.350. The van der Waals surface area contributed by atoms with Crippen LogP contribution in [0, 0.1) is 0 Å². The van der Waals surface area contributed by atoms with Crippen molar-refractivity contribution in [3.05, 3.63) is 70.7 Å². The van der Waals surface area contributed by atoms with Gasteiger partial charge in [-0.3, -0.25) is 4.79 Å². The minimum absolute atomic E-state index is 0.153. The number of benzene rings is 2. The standard InChI is InChI=1S/C20H23ClN2O/c1-15(17-10-7-11-18(21)14-17)22-19(16-8-3-2-4-9-16)20(24)23-12-5-6-13-23/h2-4,7-11,14-15,19,22H,5-6,12-13H2,1H3/p+1/t15-,19+/m1/s1. The van der Waals surface area contributed by atoms with Crippen LogP contribution in [0.2, 0.25) is 5.02 Å². The summed E-state index contributed by atoms with van der Waals surface area (Å²) in [6.07, 6.45) is 2.22. The van der Waals surface area contributed by atoms with E-state index in [-0.39, 0.29) is 18.0 Å². The Balaban J connectivity index is 1.83. The Hall–Kier alpha value is -1.84. The molecule has 2 aromatic carbocycles. The van der Waals surface area contributed by atoms with Gasteiger partial charge in [-0.25, -0.2) is 0 Å². The maximum absolute atomic E-state index is 13.0. The number of amides is 1. The van der Waals surface area contributed by atoms with E-state index in [1.54, 1.807) is 0 Å². The number of rotatable bonds is 5. The van der Waals surface area contributed by atoms with E-state index >= 15 is 0 Å². The Labute approximate surface area is 148 Å². The first-order valence-electron chi connectivity index (χ1n) is 8.59. The summed E-state index contributed by atoms with van der Waals surface area (Å²) in [6.45, 7) is 3.88. The van der Waals surface area contributed by atoms with E-state index < -0.39 is 0 Å². The first-order chi connectivity index (χ1) is 11.6. The maximum atomic E-state index is 13.0. The van der Waals surface area contributed by atoms with E-state index in [2.05, 4.69) is 18.3 Å². The van der Waals surface area contributed by atoms with Crippen molar-refractivity contribution < 1.29 is 10.1 Å². The van der Waals surface area contributed by atoms with E-state index in [9.17, 15) is 4.79 Å². The van der Waals surface area contributed by atoms with Crippen LogP contribution in [0.15, 0.2) is 54.6 Å². The molecule has 0 unspecified atom stereocenters. The molecular formula is C20H24ClN2O+. The molecular weight excluding hydrogens is 320 g/mol. The molecule has 1 aliphatic heterocycles. The number of quaternary nitrogens is 1. The van der Waals surface area contributed by atoms with Gasteiger partial charge in [0.2, 0.25) is 0 Å². The number of nitrogens with zero attached hydrogens (tertiary/aromatic N) is 1. The smallest absolute Gasteiger partial charge is 0.285 e. The van der Waals surface area contributed by atoms with E-state index in [1.807, 2.05) is 53.4 Å². The number of nitrogens with two attached hydrogens (primary N) is 1. The maximum Gasteiger partial charge on any atom is 0.285 e. The monoisotopic (exact) mass is 343 g/mol. The van der Waals surface area contributed by atoms with Gasteiger partial charge in [-0.2, -0.15) is 0 Å². The van der Waals surface area contributed by atoms with Crippen LogP contribution in [0.25, 0.3) is 0 Å². The van der Waals surface area contributed by atoms with Crippen LogP contribution >= 0.6 is 11.6 Å². The number of likely N-dealkylation sites (tertiary alicyclic amines) is 1. The summed E-state index contributed by atoms with van der Waals surface area (Å²) in [5, 5.41) is 2.89. The molecule has 2 aromatic rings. The number of carbonyl (C=O) groups excluding carboxylic acids is 1. The van der Waals surface area contributed by atoms with E-state index in [0.29, 0.717) is 0 Å². The molecule has 0 aliphatic carbocycles.